The first-order chi connectivity index (χ1) is 19.1. The lowest BCUT2D eigenvalue weighted by Gasteiger charge is -2.19. The number of benzene rings is 2. The number of nitrogens with one attached hydrogen (secondary N) is 5. The standard InChI is InChI=1S/C28H32N8O4/c1-5-13-30-24-22(16-31-26(36-24)35-19-11-9-18(15-29)10-12-19)25(38)34-21-8-6-7-20(14-21)33-23(37)17-32-27(39)40-28(2,3)4/h6-12,14,16H,5,13,17H2,1-4H3,(H,32,39)(H,33,37)(H,34,38)(H2,30,31,35,36). The maximum atomic E-state index is 13.1. The summed E-state index contributed by atoms with van der Waals surface area (Å²) in [5.41, 5.74) is 1.64. The maximum Gasteiger partial charge on any atom is 0.408 e. The molecule has 0 bridgehead atoms. The Morgan fingerprint density at radius 1 is 1.00 bits per heavy atom. The van der Waals surface area contributed by atoms with Gasteiger partial charge in [0.05, 0.1) is 11.6 Å². The predicted octanol–water partition coefficient (Wildman–Crippen LogP) is 4.63. The number of nitriles is 1. The third-order valence-corrected chi connectivity index (χ3v) is 5.04. The van der Waals surface area contributed by atoms with E-state index in [1.807, 2.05) is 6.92 Å². The van der Waals surface area contributed by atoms with Gasteiger partial charge in [0.25, 0.3) is 5.91 Å². The molecule has 3 aromatic rings. The van der Waals surface area contributed by atoms with Crippen LogP contribution in [0.15, 0.2) is 54.7 Å². The van der Waals surface area contributed by atoms with Gasteiger partial charge in [-0.05, 0) is 69.7 Å². The summed E-state index contributed by atoms with van der Waals surface area (Å²) in [5, 5.41) is 23.0. The number of aromatic nitrogens is 2. The van der Waals surface area contributed by atoms with E-state index in [2.05, 4.69) is 42.6 Å². The van der Waals surface area contributed by atoms with Gasteiger partial charge in [-0.1, -0.05) is 13.0 Å². The molecule has 0 unspecified atom stereocenters. The molecule has 3 rings (SSSR count). The number of amides is 3. The Balaban J connectivity index is 1.66. The van der Waals surface area contributed by atoms with Crippen molar-refractivity contribution >= 4 is 46.7 Å². The minimum atomic E-state index is -0.698. The fourth-order valence-corrected chi connectivity index (χ4v) is 3.29. The molecule has 208 valence electrons. The third kappa shape index (κ3) is 9.29. The lowest BCUT2D eigenvalue weighted by atomic mass is 10.2. The summed E-state index contributed by atoms with van der Waals surface area (Å²) in [6, 6.07) is 15.5. The number of ether oxygens (including phenoxy) is 1. The van der Waals surface area contributed by atoms with Gasteiger partial charge in [-0.25, -0.2) is 9.78 Å². The molecule has 2 aromatic carbocycles. The van der Waals surface area contributed by atoms with Crippen molar-refractivity contribution in [3.8, 4) is 6.07 Å². The van der Waals surface area contributed by atoms with Crippen LogP contribution in [0.4, 0.5) is 33.6 Å². The summed E-state index contributed by atoms with van der Waals surface area (Å²) in [7, 11) is 0. The van der Waals surface area contributed by atoms with Crippen molar-refractivity contribution in [2.24, 2.45) is 0 Å². The summed E-state index contributed by atoms with van der Waals surface area (Å²) < 4.78 is 5.12. The van der Waals surface area contributed by atoms with Crippen LogP contribution in [0, 0.1) is 11.3 Å². The lowest BCUT2D eigenvalue weighted by Crippen LogP contribution is -2.37. The molecule has 1 heterocycles. The zero-order valence-corrected chi connectivity index (χ0v) is 22.8. The normalized spacial score (nSPS) is 10.6. The minimum Gasteiger partial charge on any atom is -0.444 e. The fourth-order valence-electron chi connectivity index (χ4n) is 3.29. The molecule has 1 aromatic heterocycles. The molecule has 0 atom stereocenters. The summed E-state index contributed by atoms with van der Waals surface area (Å²) in [6.07, 6.45) is 1.53. The SMILES string of the molecule is CCCNc1nc(Nc2ccc(C#N)cc2)ncc1C(=O)Nc1cccc(NC(=O)CNC(=O)OC(C)(C)C)c1. The minimum absolute atomic E-state index is 0.231. The van der Waals surface area contributed by atoms with Gasteiger partial charge >= 0.3 is 6.09 Å². The highest BCUT2D eigenvalue weighted by atomic mass is 16.6. The van der Waals surface area contributed by atoms with Gasteiger partial charge < -0.3 is 31.3 Å². The molecule has 0 spiro atoms. The number of carbonyl (C=O) groups is 3. The fraction of sp³-hybridized carbons (Fsp3) is 0.286. The summed E-state index contributed by atoms with van der Waals surface area (Å²) in [6.45, 7) is 7.48. The number of alkyl carbamates (subject to hydrolysis) is 1. The quantitative estimate of drug-likeness (QED) is 0.244. The summed E-state index contributed by atoms with van der Waals surface area (Å²) in [4.78, 5) is 45.9. The highest BCUT2D eigenvalue weighted by Crippen LogP contribution is 2.21. The number of hydrogen-bond acceptors (Lipinski definition) is 9. The highest BCUT2D eigenvalue weighted by Gasteiger charge is 2.18. The number of rotatable bonds is 10. The van der Waals surface area contributed by atoms with E-state index in [4.69, 9.17) is 10.00 Å². The number of carbonyl (C=O) groups excluding carboxylic acids is 3. The van der Waals surface area contributed by atoms with E-state index in [-0.39, 0.29) is 18.1 Å². The molecule has 0 aliphatic rings. The highest BCUT2D eigenvalue weighted by molar-refractivity contribution is 6.07. The first kappa shape index (κ1) is 29.4. The first-order valence-electron chi connectivity index (χ1n) is 12.6. The number of hydrogen-bond donors (Lipinski definition) is 5. The molecule has 0 aliphatic heterocycles. The average molecular weight is 545 g/mol. The molecule has 3 amide bonds. The number of nitrogens with zero attached hydrogens (tertiary/aromatic N) is 3. The second-order valence-corrected chi connectivity index (χ2v) is 9.64. The van der Waals surface area contributed by atoms with Crippen LogP contribution < -0.4 is 26.6 Å². The Morgan fingerprint density at radius 3 is 2.35 bits per heavy atom. The Morgan fingerprint density at radius 2 is 1.70 bits per heavy atom. The largest absolute Gasteiger partial charge is 0.444 e. The topological polar surface area (TPSA) is 170 Å². The van der Waals surface area contributed by atoms with Gasteiger partial charge in [0.2, 0.25) is 11.9 Å². The van der Waals surface area contributed by atoms with Crippen molar-refractivity contribution in [2.75, 3.05) is 34.4 Å². The molecule has 0 fully saturated rings. The average Bonchev–Trinajstić information content (AvgIpc) is 2.90. The maximum absolute atomic E-state index is 13.1. The van der Waals surface area contributed by atoms with E-state index in [0.717, 1.165) is 6.42 Å². The molecule has 0 aliphatic carbocycles. The van der Waals surface area contributed by atoms with Gasteiger partial charge in [-0.3, -0.25) is 9.59 Å². The molecule has 5 N–H and O–H groups in total. The Bertz CT molecular complexity index is 1390. The summed E-state index contributed by atoms with van der Waals surface area (Å²) in [5.74, 6) is -0.273. The van der Waals surface area contributed by atoms with Crippen molar-refractivity contribution in [1.29, 1.82) is 5.26 Å². The van der Waals surface area contributed by atoms with Crippen LogP contribution >= 0.6 is 0 Å². The van der Waals surface area contributed by atoms with Crippen molar-refractivity contribution in [2.45, 2.75) is 39.7 Å². The van der Waals surface area contributed by atoms with Gasteiger partial charge in [-0.2, -0.15) is 10.2 Å². The molecule has 12 heteroatoms. The molecule has 12 nitrogen and oxygen atoms in total. The van der Waals surface area contributed by atoms with Gasteiger partial charge in [-0.15, -0.1) is 0 Å². The van der Waals surface area contributed by atoms with Crippen molar-refractivity contribution in [3.63, 3.8) is 0 Å². The van der Waals surface area contributed by atoms with Crippen LogP contribution in [0.1, 0.15) is 50.0 Å². The van der Waals surface area contributed by atoms with Crippen LogP contribution in [0.3, 0.4) is 0 Å². The smallest absolute Gasteiger partial charge is 0.408 e. The van der Waals surface area contributed by atoms with Crippen molar-refractivity contribution in [3.05, 3.63) is 65.9 Å². The second kappa shape index (κ2) is 13.6. The van der Waals surface area contributed by atoms with Crippen molar-refractivity contribution < 1.29 is 19.1 Å². The predicted molar refractivity (Wildman–Crippen MR) is 153 cm³/mol. The third-order valence-electron chi connectivity index (χ3n) is 5.04. The Kier molecular flexibility index (Phi) is 9.96. The molecular weight excluding hydrogens is 512 g/mol. The van der Waals surface area contributed by atoms with Crippen LogP contribution in [0.25, 0.3) is 0 Å². The Labute approximate surface area is 232 Å². The van der Waals surface area contributed by atoms with Crippen molar-refractivity contribution in [1.82, 2.24) is 15.3 Å². The van der Waals surface area contributed by atoms with Crippen LogP contribution in [-0.2, 0) is 9.53 Å². The summed E-state index contributed by atoms with van der Waals surface area (Å²) >= 11 is 0. The van der Waals surface area contributed by atoms with Crippen LogP contribution in [0.2, 0.25) is 0 Å². The zero-order valence-electron chi connectivity index (χ0n) is 22.8. The van der Waals surface area contributed by atoms with E-state index in [1.165, 1.54) is 6.20 Å². The van der Waals surface area contributed by atoms with Gasteiger partial charge in [0, 0.05) is 29.8 Å². The van der Waals surface area contributed by atoms with Crippen LogP contribution in [-0.4, -0.2) is 46.6 Å². The van der Waals surface area contributed by atoms with E-state index in [9.17, 15) is 14.4 Å². The Hall–Kier alpha value is -5.18. The van der Waals surface area contributed by atoms with E-state index in [0.29, 0.717) is 35.0 Å². The first-order valence-corrected chi connectivity index (χ1v) is 12.6. The number of anilines is 5. The monoisotopic (exact) mass is 544 g/mol. The van der Waals surface area contributed by atoms with Gasteiger partial charge in [0.15, 0.2) is 0 Å². The lowest BCUT2D eigenvalue weighted by molar-refractivity contribution is -0.115. The molecular formula is C28H32N8O4. The molecule has 40 heavy (non-hydrogen) atoms. The molecule has 0 saturated heterocycles. The van der Waals surface area contributed by atoms with E-state index < -0.39 is 23.5 Å². The molecule has 0 radical (unpaired) electrons. The molecule has 0 saturated carbocycles. The van der Waals surface area contributed by atoms with E-state index >= 15 is 0 Å². The van der Waals surface area contributed by atoms with E-state index in [1.54, 1.807) is 69.3 Å². The second-order valence-electron chi connectivity index (χ2n) is 9.64. The van der Waals surface area contributed by atoms with Gasteiger partial charge in [0.1, 0.15) is 23.5 Å². The van der Waals surface area contributed by atoms with Crippen LogP contribution in [0.5, 0.6) is 0 Å². The zero-order chi connectivity index (χ0) is 29.1.